The summed E-state index contributed by atoms with van der Waals surface area (Å²) in [6.45, 7) is 5.07. The van der Waals surface area contributed by atoms with E-state index in [1.807, 2.05) is 18.2 Å². The topological polar surface area (TPSA) is 107 Å². The van der Waals surface area contributed by atoms with Crippen molar-refractivity contribution in [3.8, 4) is 0 Å². The Labute approximate surface area is 194 Å². The molecule has 0 atom stereocenters. The number of benzene rings is 1. The lowest BCUT2D eigenvalue weighted by Gasteiger charge is -2.35. The number of ether oxygens (including phenoxy) is 2. The van der Waals surface area contributed by atoms with E-state index in [9.17, 15) is 22.8 Å². The molecule has 12 heteroatoms. The molecule has 1 fully saturated rings. The Morgan fingerprint density at radius 2 is 1.74 bits per heavy atom. The van der Waals surface area contributed by atoms with Crippen LogP contribution < -0.4 is 5.43 Å². The van der Waals surface area contributed by atoms with Gasteiger partial charge in [-0.1, -0.05) is 30.3 Å². The SMILES string of the molecule is CC(C)(C)OC(=O)NN(C(=O)OCc1ccccc1)C1CCC(c2nnc(C(F)(F)F)o2)CC1. The number of amides is 2. The number of hydrogen-bond acceptors (Lipinski definition) is 7. The van der Waals surface area contributed by atoms with E-state index in [-0.39, 0.29) is 18.4 Å². The number of hydrogen-bond donors (Lipinski definition) is 1. The molecular formula is C22H27F3N4O5. The van der Waals surface area contributed by atoms with E-state index in [1.54, 1.807) is 32.9 Å². The van der Waals surface area contributed by atoms with Gasteiger partial charge in [0.15, 0.2) is 0 Å². The van der Waals surface area contributed by atoms with Crippen molar-refractivity contribution < 1.29 is 36.7 Å². The fraction of sp³-hybridized carbons (Fsp3) is 0.545. The molecule has 9 nitrogen and oxygen atoms in total. The molecule has 3 rings (SSSR count). The summed E-state index contributed by atoms with van der Waals surface area (Å²) in [6, 6.07) is 8.58. The van der Waals surface area contributed by atoms with Gasteiger partial charge in [-0.15, -0.1) is 10.2 Å². The zero-order chi connectivity index (χ0) is 24.9. The maximum absolute atomic E-state index is 12.8. The summed E-state index contributed by atoms with van der Waals surface area (Å²) in [5.74, 6) is -1.87. The van der Waals surface area contributed by atoms with Crippen LogP contribution >= 0.6 is 0 Å². The van der Waals surface area contributed by atoms with Crippen LogP contribution in [0.4, 0.5) is 22.8 Å². The lowest BCUT2D eigenvalue weighted by atomic mass is 9.86. The number of hydrazine groups is 1. The number of aromatic nitrogens is 2. The Bertz CT molecular complexity index is 967. The predicted octanol–water partition coefficient (Wildman–Crippen LogP) is 5.19. The normalized spacial score (nSPS) is 18.8. The van der Waals surface area contributed by atoms with Crippen molar-refractivity contribution in [3.05, 3.63) is 47.7 Å². The van der Waals surface area contributed by atoms with Crippen LogP contribution in [-0.2, 0) is 22.3 Å². The van der Waals surface area contributed by atoms with Crippen LogP contribution in [0.2, 0.25) is 0 Å². The molecule has 1 saturated carbocycles. The molecule has 1 aliphatic carbocycles. The molecule has 1 aromatic carbocycles. The van der Waals surface area contributed by atoms with Crippen molar-refractivity contribution in [1.29, 1.82) is 0 Å². The van der Waals surface area contributed by atoms with Gasteiger partial charge in [0.05, 0.1) is 6.04 Å². The monoisotopic (exact) mass is 484 g/mol. The number of halogens is 3. The van der Waals surface area contributed by atoms with E-state index in [4.69, 9.17) is 13.9 Å². The molecule has 1 aliphatic rings. The molecule has 0 aliphatic heterocycles. The van der Waals surface area contributed by atoms with Gasteiger partial charge in [-0.3, -0.25) is 0 Å². The van der Waals surface area contributed by atoms with Gasteiger partial charge < -0.3 is 13.9 Å². The van der Waals surface area contributed by atoms with E-state index in [1.165, 1.54) is 0 Å². The Kier molecular flexibility index (Phi) is 7.68. The molecule has 0 saturated heterocycles. The van der Waals surface area contributed by atoms with Gasteiger partial charge in [-0.25, -0.2) is 20.0 Å². The highest BCUT2D eigenvalue weighted by Crippen LogP contribution is 2.36. The van der Waals surface area contributed by atoms with E-state index in [0.29, 0.717) is 25.7 Å². The van der Waals surface area contributed by atoms with Gasteiger partial charge in [0.25, 0.3) is 0 Å². The first-order chi connectivity index (χ1) is 15.9. The molecular weight excluding hydrogens is 457 g/mol. The standard InChI is InChI=1S/C22H27F3N4O5/c1-21(2,3)34-19(30)28-29(20(31)32-13-14-7-5-4-6-8-14)16-11-9-15(10-12-16)17-26-27-18(33-17)22(23,24)25/h4-8,15-16H,9-13H2,1-3H3,(H,28,30). The molecule has 2 aromatic rings. The second kappa shape index (κ2) is 10.3. The molecule has 0 spiro atoms. The second-order valence-corrected chi connectivity index (χ2v) is 8.97. The first-order valence-electron chi connectivity index (χ1n) is 10.8. The summed E-state index contributed by atoms with van der Waals surface area (Å²) >= 11 is 0. The minimum absolute atomic E-state index is 0.00369. The van der Waals surface area contributed by atoms with Gasteiger partial charge in [0.2, 0.25) is 5.89 Å². The molecule has 0 bridgehead atoms. The van der Waals surface area contributed by atoms with E-state index in [2.05, 4.69) is 15.6 Å². The number of carbonyl (C=O) groups excluding carboxylic acids is 2. The molecule has 1 heterocycles. The average Bonchev–Trinajstić information content (AvgIpc) is 3.26. The van der Waals surface area contributed by atoms with Crippen LogP contribution in [0.3, 0.4) is 0 Å². The summed E-state index contributed by atoms with van der Waals surface area (Å²) in [5.41, 5.74) is 2.45. The Morgan fingerprint density at radius 1 is 1.09 bits per heavy atom. The number of alkyl halides is 3. The fourth-order valence-corrected chi connectivity index (χ4v) is 3.57. The third-order valence-electron chi connectivity index (χ3n) is 5.11. The van der Waals surface area contributed by atoms with Crippen LogP contribution in [0.5, 0.6) is 0 Å². The largest absolute Gasteiger partial charge is 0.470 e. The summed E-state index contributed by atoms with van der Waals surface area (Å²) in [5, 5.41) is 7.69. The smallest absolute Gasteiger partial charge is 0.443 e. The van der Waals surface area contributed by atoms with Crippen LogP contribution in [0, 0.1) is 0 Å². The highest BCUT2D eigenvalue weighted by Gasteiger charge is 2.40. The van der Waals surface area contributed by atoms with E-state index in [0.717, 1.165) is 10.6 Å². The Balaban J connectivity index is 1.66. The third-order valence-corrected chi connectivity index (χ3v) is 5.11. The van der Waals surface area contributed by atoms with Gasteiger partial charge in [-0.2, -0.15) is 13.2 Å². The zero-order valence-corrected chi connectivity index (χ0v) is 19.1. The Morgan fingerprint density at radius 3 is 2.29 bits per heavy atom. The lowest BCUT2D eigenvalue weighted by molar-refractivity contribution is -0.157. The summed E-state index contributed by atoms with van der Waals surface area (Å²) in [7, 11) is 0. The maximum Gasteiger partial charge on any atom is 0.470 e. The summed E-state index contributed by atoms with van der Waals surface area (Å²) < 4.78 is 53.7. The quantitative estimate of drug-likeness (QED) is 0.595. The van der Waals surface area contributed by atoms with Crippen LogP contribution in [0.25, 0.3) is 0 Å². The molecule has 34 heavy (non-hydrogen) atoms. The first kappa shape index (κ1) is 25.3. The highest BCUT2D eigenvalue weighted by atomic mass is 19.4. The third kappa shape index (κ3) is 7.09. The fourth-order valence-electron chi connectivity index (χ4n) is 3.57. The molecule has 1 aromatic heterocycles. The van der Waals surface area contributed by atoms with Crippen molar-refractivity contribution in [2.75, 3.05) is 0 Å². The van der Waals surface area contributed by atoms with Crippen molar-refractivity contribution >= 4 is 12.2 Å². The molecule has 0 radical (unpaired) electrons. The highest BCUT2D eigenvalue weighted by molar-refractivity contribution is 5.74. The Hall–Kier alpha value is -3.31. The van der Waals surface area contributed by atoms with E-state index >= 15 is 0 Å². The van der Waals surface area contributed by atoms with Gasteiger partial charge in [0.1, 0.15) is 12.2 Å². The van der Waals surface area contributed by atoms with Crippen LogP contribution in [-0.4, -0.2) is 39.0 Å². The van der Waals surface area contributed by atoms with Gasteiger partial charge in [0, 0.05) is 5.92 Å². The summed E-state index contributed by atoms with van der Waals surface area (Å²) in [6.07, 6.45) is -4.81. The number of carbonyl (C=O) groups is 2. The first-order valence-corrected chi connectivity index (χ1v) is 10.8. The van der Waals surface area contributed by atoms with Crippen molar-refractivity contribution in [1.82, 2.24) is 20.6 Å². The number of nitrogens with one attached hydrogen (secondary N) is 1. The molecule has 0 unspecified atom stereocenters. The number of rotatable bonds is 4. The minimum atomic E-state index is -4.71. The van der Waals surface area contributed by atoms with Gasteiger partial charge in [-0.05, 0) is 52.0 Å². The van der Waals surface area contributed by atoms with Crippen LogP contribution in [0.1, 0.15) is 69.7 Å². The van der Waals surface area contributed by atoms with Crippen LogP contribution in [0.15, 0.2) is 34.7 Å². The molecule has 1 N–H and O–H groups in total. The van der Waals surface area contributed by atoms with E-state index < -0.39 is 35.9 Å². The average molecular weight is 484 g/mol. The van der Waals surface area contributed by atoms with Crippen molar-refractivity contribution in [2.45, 2.75) is 76.8 Å². The predicted molar refractivity (Wildman–Crippen MR) is 112 cm³/mol. The van der Waals surface area contributed by atoms with Gasteiger partial charge >= 0.3 is 24.3 Å². The second-order valence-electron chi connectivity index (χ2n) is 8.97. The maximum atomic E-state index is 12.8. The molecule has 186 valence electrons. The number of nitrogens with zero attached hydrogens (tertiary/aromatic N) is 3. The van der Waals surface area contributed by atoms with Crippen molar-refractivity contribution in [3.63, 3.8) is 0 Å². The van der Waals surface area contributed by atoms with Crippen molar-refractivity contribution in [2.24, 2.45) is 0 Å². The zero-order valence-electron chi connectivity index (χ0n) is 19.1. The minimum Gasteiger partial charge on any atom is -0.443 e. The molecule has 2 amide bonds. The lowest BCUT2D eigenvalue weighted by Crippen LogP contribution is -2.54. The summed E-state index contributed by atoms with van der Waals surface area (Å²) in [4.78, 5) is 25.2.